The van der Waals surface area contributed by atoms with Crippen molar-refractivity contribution in [1.82, 2.24) is 9.78 Å². The fraction of sp³-hybridized carbons (Fsp3) is 0.429. The molecule has 3 nitrogen and oxygen atoms in total. The Bertz CT molecular complexity index is 343. The quantitative estimate of drug-likeness (QED) is 0.696. The van der Waals surface area contributed by atoms with Crippen molar-refractivity contribution >= 4 is 16.8 Å². The van der Waals surface area contributed by atoms with Crippen LogP contribution in [-0.4, -0.2) is 15.0 Å². The van der Waals surface area contributed by atoms with Crippen LogP contribution in [0.5, 0.6) is 0 Å². The summed E-state index contributed by atoms with van der Waals surface area (Å²) in [6.45, 7) is 0.665. The third-order valence-electron chi connectivity index (χ3n) is 1.46. The summed E-state index contributed by atoms with van der Waals surface area (Å²) in [6.07, 6.45) is 1.17. The summed E-state index contributed by atoms with van der Waals surface area (Å²) in [5, 5.41) is 2.54. The Morgan fingerprint density at radius 1 is 1.69 bits per heavy atom. The second kappa shape index (κ2) is 3.06. The van der Waals surface area contributed by atoms with Crippen molar-refractivity contribution in [3.05, 3.63) is 17.5 Å². The molecule has 6 heteroatoms. The van der Waals surface area contributed by atoms with Gasteiger partial charge in [-0.05, 0) is 11.6 Å². The van der Waals surface area contributed by atoms with Crippen LogP contribution >= 0.6 is 11.6 Å². The van der Waals surface area contributed by atoms with E-state index < -0.39 is 16.9 Å². The first-order valence-electron chi connectivity index (χ1n) is 3.44. The number of carbonyl (C=O) groups is 1. The van der Waals surface area contributed by atoms with Gasteiger partial charge in [0, 0.05) is 20.2 Å². The number of nitrogens with zero attached hydrogens (tertiary/aromatic N) is 2. The Balaban J connectivity index is 3.28. The van der Waals surface area contributed by atoms with Gasteiger partial charge < -0.3 is 0 Å². The van der Waals surface area contributed by atoms with Crippen LogP contribution in [0.1, 0.15) is 23.0 Å². The van der Waals surface area contributed by atoms with Crippen molar-refractivity contribution in [3.8, 4) is 0 Å². The molecule has 0 N–H and O–H groups in total. The molecule has 0 spiro atoms. The summed E-state index contributed by atoms with van der Waals surface area (Å²) >= 11 is 5.10. The molecule has 0 aliphatic carbocycles. The number of aromatic nitrogens is 2. The highest BCUT2D eigenvalue weighted by Crippen LogP contribution is 2.28. The molecule has 0 saturated heterocycles. The van der Waals surface area contributed by atoms with E-state index in [1.54, 1.807) is 0 Å². The van der Waals surface area contributed by atoms with Crippen molar-refractivity contribution < 1.29 is 13.6 Å². The van der Waals surface area contributed by atoms with Crippen LogP contribution in [0.2, 0.25) is 0 Å². The molecule has 13 heavy (non-hydrogen) atoms. The third kappa shape index (κ3) is 2.03. The van der Waals surface area contributed by atoms with E-state index in [9.17, 15) is 13.6 Å². The zero-order valence-electron chi connectivity index (χ0n) is 7.01. The third-order valence-corrected chi connectivity index (χ3v) is 1.66. The van der Waals surface area contributed by atoms with Gasteiger partial charge in [-0.25, -0.2) is 0 Å². The van der Waals surface area contributed by atoms with E-state index in [2.05, 4.69) is 5.10 Å². The van der Waals surface area contributed by atoms with Crippen LogP contribution < -0.4 is 0 Å². The maximum atomic E-state index is 12.8. The minimum Gasteiger partial charge on any atom is -0.275 e. The van der Waals surface area contributed by atoms with Gasteiger partial charge in [0.05, 0.1) is 5.56 Å². The van der Waals surface area contributed by atoms with Gasteiger partial charge in [0.2, 0.25) is 0 Å². The molecule has 1 rings (SSSR count). The van der Waals surface area contributed by atoms with Gasteiger partial charge in [0.15, 0.2) is 0 Å². The van der Waals surface area contributed by atoms with Crippen LogP contribution in [-0.2, 0) is 13.0 Å². The molecule has 1 heterocycles. The normalized spacial score (nSPS) is 11.8. The van der Waals surface area contributed by atoms with Crippen molar-refractivity contribution in [2.24, 2.45) is 7.05 Å². The Labute approximate surface area is 78.3 Å². The largest absolute Gasteiger partial charge is 0.289 e. The zero-order valence-corrected chi connectivity index (χ0v) is 7.77. The lowest BCUT2D eigenvalue weighted by Gasteiger charge is -2.06. The fourth-order valence-corrected chi connectivity index (χ4v) is 1.09. The molecule has 0 fully saturated rings. The number of carbonyl (C=O) groups excluding carboxylic acids is 1. The van der Waals surface area contributed by atoms with Crippen LogP contribution in [0.3, 0.4) is 0 Å². The van der Waals surface area contributed by atoms with E-state index in [0.29, 0.717) is 6.92 Å². The summed E-state index contributed by atoms with van der Waals surface area (Å²) in [4.78, 5) is 10.7. The van der Waals surface area contributed by atoms with Gasteiger partial charge in [0.1, 0.15) is 5.69 Å². The van der Waals surface area contributed by atoms with Gasteiger partial charge in [-0.1, -0.05) is 0 Å². The van der Waals surface area contributed by atoms with Crippen LogP contribution in [0.4, 0.5) is 8.78 Å². The summed E-state index contributed by atoms with van der Waals surface area (Å²) < 4.78 is 26.7. The molecule has 72 valence electrons. The summed E-state index contributed by atoms with van der Waals surface area (Å²) in [5.41, 5.74) is -0.841. The number of aryl methyl sites for hydroxylation is 1. The topological polar surface area (TPSA) is 34.9 Å². The molecule has 1 aromatic rings. The lowest BCUT2D eigenvalue weighted by atomic mass is 10.2. The predicted molar refractivity (Wildman–Crippen MR) is 43.0 cm³/mol. The molecule has 0 unspecified atom stereocenters. The highest BCUT2D eigenvalue weighted by atomic mass is 35.5. The molecule has 0 saturated carbocycles. The Morgan fingerprint density at radius 3 is 2.54 bits per heavy atom. The average Bonchev–Trinajstić information content (AvgIpc) is 2.29. The molecular weight excluding hydrogens is 202 g/mol. The maximum absolute atomic E-state index is 12.8. The lowest BCUT2D eigenvalue weighted by Crippen LogP contribution is -2.12. The van der Waals surface area contributed by atoms with Crippen molar-refractivity contribution in [2.75, 3.05) is 0 Å². The van der Waals surface area contributed by atoms with Crippen LogP contribution in [0, 0.1) is 0 Å². The molecular formula is C7H7ClF2N2O. The van der Waals surface area contributed by atoms with Crippen molar-refractivity contribution in [1.29, 1.82) is 0 Å². The molecule has 0 aliphatic rings. The molecule has 0 aromatic carbocycles. The molecule has 0 radical (unpaired) electrons. The maximum Gasteiger partial charge on any atom is 0.289 e. The first-order chi connectivity index (χ1) is 5.82. The Morgan fingerprint density at radius 2 is 2.23 bits per heavy atom. The smallest absolute Gasteiger partial charge is 0.275 e. The van der Waals surface area contributed by atoms with E-state index in [-0.39, 0.29) is 5.56 Å². The number of hydrogen-bond acceptors (Lipinski definition) is 2. The summed E-state index contributed by atoms with van der Waals surface area (Å²) in [6, 6.07) is 0. The molecule has 0 amide bonds. The standard InChI is InChI=1S/C7H7ClF2N2O/c1-7(9,10)5-4(6(8)13)3-12(2)11-5/h3H,1-2H3. The first-order valence-corrected chi connectivity index (χ1v) is 3.82. The number of rotatable bonds is 2. The molecule has 1 aromatic heterocycles. The highest BCUT2D eigenvalue weighted by molar-refractivity contribution is 6.67. The van der Waals surface area contributed by atoms with E-state index in [1.807, 2.05) is 0 Å². The van der Waals surface area contributed by atoms with Gasteiger partial charge in [-0.2, -0.15) is 13.9 Å². The fourth-order valence-electron chi connectivity index (χ4n) is 0.957. The Hall–Kier alpha value is -0.970. The molecule has 0 aliphatic heterocycles. The average molecular weight is 209 g/mol. The monoisotopic (exact) mass is 208 g/mol. The van der Waals surface area contributed by atoms with Gasteiger partial charge in [-0.3, -0.25) is 9.48 Å². The minimum absolute atomic E-state index is 0.253. The zero-order chi connectivity index (χ0) is 10.2. The number of hydrogen-bond donors (Lipinski definition) is 0. The van der Waals surface area contributed by atoms with Crippen molar-refractivity contribution in [3.63, 3.8) is 0 Å². The van der Waals surface area contributed by atoms with E-state index in [4.69, 9.17) is 11.6 Å². The Kier molecular flexibility index (Phi) is 2.38. The van der Waals surface area contributed by atoms with Gasteiger partial charge in [-0.15, -0.1) is 0 Å². The van der Waals surface area contributed by atoms with Gasteiger partial charge in [0.25, 0.3) is 11.2 Å². The number of alkyl halides is 2. The van der Waals surface area contributed by atoms with Crippen molar-refractivity contribution in [2.45, 2.75) is 12.8 Å². The number of halogens is 3. The molecule has 0 bridgehead atoms. The predicted octanol–water partition coefficient (Wildman–Crippen LogP) is 1.91. The van der Waals surface area contributed by atoms with E-state index in [0.717, 1.165) is 4.68 Å². The van der Waals surface area contributed by atoms with Gasteiger partial charge >= 0.3 is 0 Å². The first kappa shape index (κ1) is 10.1. The molecule has 0 atom stereocenters. The SMILES string of the molecule is Cn1cc(C(=O)Cl)c(C(C)(F)F)n1. The summed E-state index contributed by atoms with van der Waals surface area (Å²) in [5.74, 6) is -3.15. The van der Waals surface area contributed by atoms with E-state index >= 15 is 0 Å². The highest BCUT2D eigenvalue weighted by Gasteiger charge is 2.33. The minimum atomic E-state index is -3.15. The second-order valence-electron chi connectivity index (χ2n) is 2.73. The van der Waals surface area contributed by atoms with E-state index in [1.165, 1.54) is 13.2 Å². The summed E-state index contributed by atoms with van der Waals surface area (Å²) in [7, 11) is 1.44. The second-order valence-corrected chi connectivity index (χ2v) is 3.07. The van der Waals surface area contributed by atoms with Crippen LogP contribution in [0.25, 0.3) is 0 Å². The lowest BCUT2D eigenvalue weighted by molar-refractivity contribution is 0.0115. The van der Waals surface area contributed by atoms with Crippen LogP contribution in [0.15, 0.2) is 6.20 Å².